The fourth-order valence-corrected chi connectivity index (χ4v) is 2.43. The molecule has 0 bridgehead atoms. The van der Waals surface area contributed by atoms with Crippen LogP contribution in [0, 0.1) is 0 Å². The summed E-state index contributed by atoms with van der Waals surface area (Å²) in [6.07, 6.45) is 2.56. The van der Waals surface area contributed by atoms with Crippen LogP contribution in [0.4, 0.5) is 5.69 Å². The van der Waals surface area contributed by atoms with Gasteiger partial charge in [-0.3, -0.25) is 4.79 Å². The molecule has 0 saturated carbocycles. The Morgan fingerprint density at radius 3 is 2.50 bits per heavy atom. The molecule has 4 heteroatoms. The van der Waals surface area contributed by atoms with Crippen molar-refractivity contribution in [3.05, 3.63) is 29.8 Å². The Bertz CT molecular complexity index is 378. The van der Waals surface area contributed by atoms with Gasteiger partial charge in [0.2, 0.25) is 5.91 Å². The van der Waals surface area contributed by atoms with E-state index in [0.29, 0.717) is 6.42 Å². The fraction of sp³-hybridized carbons (Fsp3) is 0.500. The second-order valence-electron chi connectivity index (χ2n) is 4.70. The van der Waals surface area contributed by atoms with E-state index in [0.717, 1.165) is 17.0 Å². The minimum atomic E-state index is 0.112. The summed E-state index contributed by atoms with van der Waals surface area (Å²) in [5, 5.41) is 3.01. The molecule has 100 valence electrons. The van der Waals surface area contributed by atoms with Gasteiger partial charge in [0.1, 0.15) is 0 Å². The summed E-state index contributed by atoms with van der Waals surface area (Å²) in [6, 6.07) is 7.95. The number of carbonyl (C=O) groups excluding carboxylic acids is 1. The van der Waals surface area contributed by atoms with Crippen molar-refractivity contribution in [3.63, 3.8) is 0 Å². The van der Waals surface area contributed by atoms with Crippen LogP contribution in [0.5, 0.6) is 0 Å². The van der Waals surface area contributed by atoms with E-state index in [2.05, 4.69) is 12.2 Å². The summed E-state index contributed by atoms with van der Waals surface area (Å²) in [5.41, 5.74) is 7.55. The largest absolute Gasteiger partial charge is 0.399 e. The summed E-state index contributed by atoms with van der Waals surface area (Å²) in [6.45, 7) is 4.09. The van der Waals surface area contributed by atoms with Gasteiger partial charge in [0.15, 0.2) is 0 Å². The van der Waals surface area contributed by atoms with Gasteiger partial charge in [-0.25, -0.2) is 0 Å². The first-order valence-corrected chi connectivity index (χ1v) is 7.56. The summed E-state index contributed by atoms with van der Waals surface area (Å²) >= 11 is 1.74. The van der Waals surface area contributed by atoms with Crippen LogP contribution in [0.15, 0.2) is 24.3 Å². The quantitative estimate of drug-likeness (QED) is 0.778. The molecule has 1 aromatic rings. The van der Waals surface area contributed by atoms with E-state index in [1.165, 1.54) is 0 Å². The summed E-state index contributed by atoms with van der Waals surface area (Å²) in [4.78, 5) is 11.8. The highest BCUT2D eigenvalue weighted by Crippen LogP contribution is 2.20. The molecule has 0 radical (unpaired) electrons. The Hall–Kier alpha value is -1.16. The number of nitrogens with two attached hydrogens (primary N) is 1. The molecule has 0 spiro atoms. The maximum atomic E-state index is 11.8. The average Bonchev–Trinajstić information content (AvgIpc) is 2.29. The standard InChI is InChI=1S/C14H22N2OS/c1-10(12-4-6-13(15)7-5-12)8-14(17)16-11(2)9-18-3/h4-7,10-11H,8-9,15H2,1-3H3,(H,16,17). The van der Waals surface area contributed by atoms with E-state index in [9.17, 15) is 4.79 Å². The van der Waals surface area contributed by atoms with Crippen molar-refractivity contribution in [2.24, 2.45) is 0 Å². The molecular weight excluding hydrogens is 244 g/mol. The lowest BCUT2D eigenvalue weighted by molar-refractivity contribution is -0.121. The smallest absolute Gasteiger partial charge is 0.220 e. The van der Waals surface area contributed by atoms with E-state index in [1.54, 1.807) is 11.8 Å². The number of amides is 1. The number of hydrogen-bond donors (Lipinski definition) is 2. The molecule has 3 nitrogen and oxygen atoms in total. The summed E-state index contributed by atoms with van der Waals surface area (Å²) in [5.74, 6) is 1.27. The van der Waals surface area contributed by atoms with Crippen LogP contribution in [-0.4, -0.2) is 24.0 Å². The minimum Gasteiger partial charge on any atom is -0.399 e. The number of carbonyl (C=O) groups is 1. The molecule has 0 saturated heterocycles. The summed E-state index contributed by atoms with van der Waals surface area (Å²) in [7, 11) is 0. The predicted octanol–water partition coefficient (Wildman–Crippen LogP) is 2.63. The number of hydrogen-bond acceptors (Lipinski definition) is 3. The number of nitrogen functional groups attached to an aromatic ring is 1. The average molecular weight is 266 g/mol. The fourth-order valence-electron chi connectivity index (χ4n) is 1.85. The van der Waals surface area contributed by atoms with Crippen LogP contribution in [0.2, 0.25) is 0 Å². The first-order chi connectivity index (χ1) is 8.52. The highest BCUT2D eigenvalue weighted by Gasteiger charge is 2.12. The van der Waals surface area contributed by atoms with Crippen LogP contribution in [0.25, 0.3) is 0 Å². The van der Waals surface area contributed by atoms with Gasteiger partial charge in [0.25, 0.3) is 0 Å². The van der Waals surface area contributed by atoms with Gasteiger partial charge in [-0.05, 0) is 36.8 Å². The van der Waals surface area contributed by atoms with Gasteiger partial charge < -0.3 is 11.1 Å². The topological polar surface area (TPSA) is 55.1 Å². The van der Waals surface area contributed by atoms with Crippen molar-refractivity contribution in [1.82, 2.24) is 5.32 Å². The van der Waals surface area contributed by atoms with E-state index in [1.807, 2.05) is 37.4 Å². The van der Waals surface area contributed by atoms with Crippen molar-refractivity contribution < 1.29 is 4.79 Å². The monoisotopic (exact) mass is 266 g/mol. The molecule has 3 N–H and O–H groups in total. The molecule has 1 aromatic carbocycles. The third kappa shape index (κ3) is 5.00. The molecule has 1 amide bonds. The Morgan fingerprint density at radius 1 is 1.33 bits per heavy atom. The Kier molecular flexibility index (Phi) is 6.05. The lowest BCUT2D eigenvalue weighted by Gasteiger charge is -2.16. The molecule has 0 aliphatic carbocycles. The first-order valence-electron chi connectivity index (χ1n) is 6.16. The zero-order chi connectivity index (χ0) is 13.5. The predicted molar refractivity (Wildman–Crippen MR) is 79.9 cm³/mol. The maximum absolute atomic E-state index is 11.8. The van der Waals surface area contributed by atoms with Gasteiger partial charge in [0, 0.05) is 23.9 Å². The highest BCUT2D eigenvalue weighted by atomic mass is 32.2. The number of nitrogens with one attached hydrogen (secondary N) is 1. The lowest BCUT2D eigenvalue weighted by Crippen LogP contribution is -2.34. The van der Waals surface area contributed by atoms with Crippen molar-refractivity contribution >= 4 is 23.4 Å². The second-order valence-corrected chi connectivity index (χ2v) is 5.61. The molecule has 0 heterocycles. The van der Waals surface area contributed by atoms with Crippen LogP contribution < -0.4 is 11.1 Å². The molecule has 0 aliphatic rings. The molecule has 0 aromatic heterocycles. The van der Waals surface area contributed by atoms with Gasteiger partial charge in [-0.1, -0.05) is 19.1 Å². The van der Waals surface area contributed by atoms with Crippen LogP contribution in [0.1, 0.15) is 31.7 Å². The minimum absolute atomic E-state index is 0.112. The maximum Gasteiger partial charge on any atom is 0.220 e. The number of anilines is 1. The van der Waals surface area contributed by atoms with E-state index in [-0.39, 0.29) is 17.9 Å². The van der Waals surface area contributed by atoms with Gasteiger partial charge in [-0.2, -0.15) is 11.8 Å². The summed E-state index contributed by atoms with van der Waals surface area (Å²) < 4.78 is 0. The zero-order valence-corrected chi connectivity index (χ0v) is 12.1. The third-order valence-corrected chi connectivity index (χ3v) is 3.65. The van der Waals surface area contributed by atoms with Crippen LogP contribution >= 0.6 is 11.8 Å². The SMILES string of the molecule is CSCC(C)NC(=O)CC(C)c1ccc(N)cc1. The second kappa shape index (κ2) is 7.31. The van der Waals surface area contributed by atoms with Gasteiger partial charge >= 0.3 is 0 Å². The molecular formula is C14H22N2OS. The highest BCUT2D eigenvalue weighted by molar-refractivity contribution is 7.98. The molecule has 1 rings (SSSR count). The molecule has 2 unspecified atom stereocenters. The van der Waals surface area contributed by atoms with E-state index in [4.69, 9.17) is 5.73 Å². The first kappa shape index (κ1) is 14.9. The van der Waals surface area contributed by atoms with Crippen molar-refractivity contribution in [2.75, 3.05) is 17.7 Å². The zero-order valence-electron chi connectivity index (χ0n) is 11.3. The number of rotatable bonds is 6. The lowest BCUT2D eigenvalue weighted by atomic mass is 9.97. The molecule has 0 aliphatic heterocycles. The van der Waals surface area contributed by atoms with Crippen molar-refractivity contribution in [1.29, 1.82) is 0 Å². The Balaban J connectivity index is 2.46. The number of thioether (sulfide) groups is 1. The molecule has 2 atom stereocenters. The van der Waals surface area contributed by atoms with Crippen LogP contribution in [-0.2, 0) is 4.79 Å². The van der Waals surface area contributed by atoms with Crippen LogP contribution in [0.3, 0.4) is 0 Å². The van der Waals surface area contributed by atoms with Crippen molar-refractivity contribution in [2.45, 2.75) is 32.2 Å². The van der Waals surface area contributed by atoms with E-state index < -0.39 is 0 Å². The van der Waals surface area contributed by atoms with Crippen molar-refractivity contribution in [3.8, 4) is 0 Å². The third-order valence-electron chi connectivity index (χ3n) is 2.82. The number of benzene rings is 1. The van der Waals surface area contributed by atoms with Gasteiger partial charge in [0.05, 0.1) is 0 Å². The molecule has 18 heavy (non-hydrogen) atoms. The normalized spacial score (nSPS) is 13.9. The van der Waals surface area contributed by atoms with E-state index >= 15 is 0 Å². The Morgan fingerprint density at radius 2 is 1.94 bits per heavy atom. The Labute approximate surface area is 114 Å². The van der Waals surface area contributed by atoms with Gasteiger partial charge in [-0.15, -0.1) is 0 Å². The molecule has 0 fully saturated rings.